The molecule has 0 aliphatic carbocycles. The molecule has 124 valence electrons. The van der Waals surface area contributed by atoms with E-state index < -0.39 is 10.0 Å². The molecule has 0 bridgehead atoms. The molecule has 23 heavy (non-hydrogen) atoms. The van der Waals surface area contributed by atoms with Crippen LogP contribution in [-0.4, -0.2) is 44.1 Å². The third kappa shape index (κ3) is 2.60. The zero-order chi connectivity index (χ0) is 15.9. The second kappa shape index (κ2) is 5.47. The van der Waals surface area contributed by atoms with Gasteiger partial charge in [-0.25, -0.2) is 8.42 Å². The molecule has 2 fully saturated rings. The van der Waals surface area contributed by atoms with Crippen molar-refractivity contribution in [1.29, 1.82) is 0 Å². The number of hydrogen-bond acceptors (Lipinski definition) is 6. The fourth-order valence-electron chi connectivity index (χ4n) is 3.53. The Morgan fingerprint density at radius 3 is 2.70 bits per heavy atom. The highest BCUT2D eigenvalue weighted by Crippen LogP contribution is 2.41. The van der Waals surface area contributed by atoms with Gasteiger partial charge in [-0.2, -0.15) is 4.31 Å². The Labute approximate surface area is 134 Å². The summed E-state index contributed by atoms with van der Waals surface area (Å²) >= 11 is 0. The maximum Gasteiger partial charge on any atom is 0.276 e. The maximum atomic E-state index is 12.8. The van der Waals surface area contributed by atoms with Gasteiger partial charge in [-0.1, -0.05) is 5.16 Å². The Morgan fingerprint density at radius 2 is 1.96 bits per heavy atom. The van der Waals surface area contributed by atoms with Gasteiger partial charge in [-0.3, -0.25) is 0 Å². The molecular weight excluding hydrogens is 318 g/mol. The van der Waals surface area contributed by atoms with Crippen LogP contribution in [0, 0.1) is 5.41 Å². The van der Waals surface area contributed by atoms with Crippen molar-refractivity contribution < 1.29 is 17.4 Å². The van der Waals surface area contributed by atoms with Crippen LogP contribution in [0.5, 0.6) is 0 Å². The molecule has 4 heterocycles. The molecule has 0 radical (unpaired) electrons. The molecule has 8 heteroatoms. The molecule has 2 saturated heterocycles. The molecule has 0 unspecified atom stereocenters. The number of nitrogens with one attached hydrogen (secondary N) is 1. The summed E-state index contributed by atoms with van der Waals surface area (Å²) in [6, 6.07) is 4.72. The molecule has 0 amide bonds. The highest BCUT2D eigenvalue weighted by Gasteiger charge is 2.44. The van der Waals surface area contributed by atoms with Gasteiger partial charge in [0.2, 0.25) is 10.9 Å². The summed E-state index contributed by atoms with van der Waals surface area (Å²) in [6.45, 7) is 3.06. The van der Waals surface area contributed by atoms with Crippen LogP contribution in [0.4, 0.5) is 0 Å². The number of furan rings is 1. The predicted octanol–water partition coefficient (Wildman–Crippen LogP) is 1.70. The molecule has 2 aliphatic heterocycles. The zero-order valence-corrected chi connectivity index (χ0v) is 13.5. The van der Waals surface area contributed by atoms with Crippen LogP contribution in [-0.2, 0) is 10.0 Å². The Bertz CT molecular complexity index is 776. The van der Waals surface area contributed by atoms with Crippen molar-refractivity contribution in [2.24, 2.45) is 5.41 Å². The fraction of sp³-hybridized carbons (Fsp3) is 0.533. The molecule has 2 aliphatic rings. The molecule has 0 aromatic carbocycles. The van der Waals surface area contributed by atoms with Crippen molar-refractivity contribution in [3.05, 3.63) is 24.4 Å². The highest BCUT2D eigenvalue weighted by molar-refractivity contribution is 7.89. The molecule has 7 nitrogen and oxygen atoms in total. The van der Waals surface area contributed by atoms with Crippen molar-refractivity contribution in [1.82, 2.24) is 14.8 Å². The predicted molar refractivity (Wildman–Crippen MR) is 82.1 cm³/mol. The van der Waals surface area contributed by atoms with Gasteiger partial charge >= 0.3 is 0 Å². The molecule has 2 aromatic rings. The lowest BCUT2D eigenvalue weighted by molar-refractivity contribution is 0.217. The van der Waals surface area contributed by atoms with Gasteiger partial charge in [0.1, 0.15) is 0 Å². The van der Waals surface area contributed by atoms with E-state index in [-0.39, 0.29) is 10.5 Å². The van der Waals surface area contributed by atoms with E-state index in [1.807, 2.05) is 0 Å². The van der Waals surface area contributed by atoms with Gasteiger partial charge in [0.25, 0.3) is 10.0 Å². The second-order valence-electron chi connectivity index (χ2n) is 6.33. The normalized spacial score (nSPS) is 21.9. The van der Waals surface area contributed by atoms with E-state index in [9.17, 15) is 8.42 Å². The summed E-state index contributed by atoms with van der Waals surface area (Å²) in [5, 5.41) is 6.91. The molecule has 1 spiro atoms. The number of aromatic nitrogens is 1. The van der Waals surface area contributed by atoms with E-state index in [0.717, 1.165) is 32.4 Å². The Balaban J connectivity index is 1.56. The third-order valence-corrected chi connectivity index (χ3v) is 6.64. The van der Waals surface area contributed by atoms with Crippen LogP contribution in [0.1, 0.15) is 19.3 Å². The van der Waals surface area contributed by atoms with E-state index in [4.69, 9.17) is 8.94 Å². The summed E-state index contributed by atoms with van der Waals surface area (Å²) in [5.41, 5.74) is 0.124. The van der Waals surface area contributed by atoms with E-state index in [1.54, 1.807) is 16.4 Å². The van der Waals surface area contributed by atoms with E-state index in [0.29, 0.717) is 24.6 Å². The number of hydrogen-bond donors (Lipinski definition) is 1. The van der Waals surface area contributed by atoms with Gasteiger partial charge in [0.05, 0.1) is 6.20 Å². The van der Waals surface area contributed by atoms with Crippen LogP contribution in [0.3, 0.4) is 0 Å². The minimum Gasteiger partial charge on any atom is -0.440 e. The van der Waals surface area contributed by atoms with Gasteiger partial charge in [0, 0.05) is 19.2 Å². The largest absolute Gasteiger partial charge is 0.440 e. The van der Waals surface area contributed by atoms with Gasteiger partial charge in [0.15, 0.2) is 5.76 Å². The maximum absolute atomic E-state index is 12.8. The molecule has 2 aromatic heterocycles. The molecule has 4 rings (SSSR count). The first-order valence-corrected chi connectivity index (χ1v) is 9.25. The summed E-state index contributed by atoms with van der Waals surface area (Å²) in [5.74, 6) is 0.791. The minimum absolute atomic E-state index is 0.0325. The van der Waals surface area contributed by atoms with E-state index in [2.05, 4.69) is 10.5 Å². The minimum atomic E-state index is -3.60. The standard InChI is InChI=1S/C15H19N3O4S/c19-23(20,14-2-1-12(21-14)13-3-7-17-22-13)18-10-6-15(11-18)4-8-16-9-5-15/h1-3,7,16H,4-6,8-11H2. The van der Waals surface area contributed by atoms with Crippen LogP contribution >= 0.6 is 0 Å². The Hall–Kier alpha value is -1.64. The average molecular weight is 337 g/mol. The summed E-state index contributed by atoms with van der Waals surface area (Å²) in [7, 11) is -3.60. The van der Waals surface area contributed by atoms with Crippen molar-refractivity contribution >= 4 is 10.0 Å². The second-order valence-corrected chi connectivity index (χ2v) is 8.20. The van der Waals surface area contributed by atoms with Crippen LogP contribution < -0.4 is 5.32 Å². The molecular formula is C15H19N3O4S. The first-order valence-electron chi connectivity index (χ1n) is 7.81. The van der Waals surface area contributed by atoms with E-state index >= 15 is 0 Å². The quantitative estimate of drug-likeness (QED) is 0.917. The third-order valence-electron chi connectivity index (χ3n) is 4.92. The monoisotopic (exact) mass is 337 g/mol. The highest BCUT2D eigenvalue weighted by atomic mass is 32.2. The molecule has 0 atom stereocenters. The lowest BCUT2D eigenvalue weighted by Gasteiger charge is -2.33. The van der Waals surface area contributed by atoms with Gasteiger partial charge < -0.3 is 14.3 Å². The lowest BCUT2D eigenvalue weighted by Crippen LogP contribution is -2.39. The average Bonchev–Trinajstić information content (AvgIpc) is 3.28. The topological polar surface area (TPSA) is 88.6 Å². The van der Waals surface area contributed by atoms with Crippen LogP contribution in [0.25, 0.3) is 11.5 Å². The van der Waals surface area contributed by atoms with Gasteiger partial charge in [-0.15, -0.1) is 0 Å². The Morgan fingerprint density at radius 1 is 1.13 bits per heavy atom. The SMILES string of the molecule is O=S(=O)(c1ccc(-c2ccno2)o1)N1CCC2(CCNCC2)C1. The fourth-order valence-corrected chi connectivity index (χ4v) is 4.99. The zero-order valence-electron chi connectivity index (χ0n) is 12.7. The summed E-state index contributed by atoms with van der Waals surface area (Å²) < 4.78 is 37.7. The number of rotatable bonds is 3. The number of sulfonamides is 1. The summed E-state index contributed by atoms with van der Waals surface area (Å²) in [6.07, 6.45) is 4.47. The van der Waals surface area contributed by atoms with Crippen molar-refractivity contribution in [3.8, 4) is 11.5 Å². The number of piperidine rings is 1. The number of nitrogens with zero attached hydrogens (tertiary/aromatic N) is 2. The first-order chi connectivity index (χ1) is 11.1. The summed E-state index contributed by atoms with van der Waals surface area (Å²) in [4.78, 5) is 0. The van der Waals surface area contributed by atoms with Crippen molar-refractivity contribution in [2.45, 2.75) is 24.4 Å². The van der Waals surface area contributed by atoms with Crippen LogP contribution in [0.2, 0.25) is 0 Å². The molecule has 0 saturated carbocycles. The van der Waals surface area contributed by atoms with Crippen molar-refractivity contribution in [2.75, 3.05) is 26.2 Å². The van der Waals surface area contributed by atoms with E-state index in [1.165, 1.54) is 12.3 Å². The smallest absolute Gasteiger partial charge is 0.276 e. The van der Waals surface area contributed by atoms with Crippen LogP contribution in [0.15, 0.2) is 38.4 Å². The van der Waals surface area contributed by atoms with Gasteiger partial charge in [-0.05, 0) is 49.9 Å². The first kappa shape index (κ1) is 14.9. The Kier molecular flexibility index (Phi) is 3.55. The lowest BCUT2D eigenvalue weighted by atomic mass is 9.78. The molecule has 1 N–H and O–H groups in total. The van der Waals surface area contributed by atoms with Crippen molar-refractivity contribution in [3.63, 3.8) is 0 Å².